The van der Waals surface area contributed by atoms with Gasteiger partial charge in [0.15, 0.2) is 5.82 Å². The molecule has 0 aliphatic rings. The van der Waals surface area contributed by atoms with Crippen molar-refractivity contribution in [3.8, 4) is 0 Å². The molecule has 0 fully saturated rings. The van der Waals surface area contributed by atoms with Crippen LogP contribution >= 0.6 is 11.6 Å². The van der Waals surface area contributed by atoms with E-state index in [2.05, 4.69) is 22.2 Å². The summed E-state index contributed by atoms with van der Waals surface area (Å²) in [5, 5.41) is 3.00. The van der Waals surface area contributed by atoms with Crippen LogP contribution in [0.15, 0.2) is 12.4 Å². The molecule has 16 heavy (non-hydrogen) atoms. The summed E-state index contributed by atoms with van der Waals surface area (Å²) in [6.45, 7) is 2.14. The quantitative estimate of drug-likeness (QED) is 0.779. The van der Waals surface area contributed by atoms with E-state index in [1.807, 2.05) is 0 Å². The summed E-state index contributed by atoms with van der Waals surface area (Å²) < 4.78 is 0. The standard InChI is InChI=1S/C11H16ClN3O/c1-2-3-4-5-6-11(16)15-10-8-13-9(12)7-14-10/h7-8H,2-6H2,1H3,(H,14,15,16). The predicted octanol–water partition coefficient (Wildman–Crippen LogP) is 3.04. The molecule has 1 rings (SSSR count). The van der Waals surface area contributed by atoms with E-state index < -0.39 is 0 Å². The fourth-order valence-corrected chi connectivity index (χ4v) is 1.39. The molecule has 5 heteroatoms. The smallest absolute Gasteiger partial charge is 0.225 e. The topological polar surface area (TPSA) is 54.9 Å². The van der Waals surface area contributed by atoms with E-state index in [9.17, 15) is 4.79 Å². The molecule has 4 nitrogen and oxygen atoms in total. The zero-order valence-corrected chi connectivity index (χ0v) is 10.1. The van der Waals surface area contributed by atoms with Crippen LogP contribution in [-0.2, 0) is 4.79 Å². The Kier molecular flexibility index (Phi) is 5.78. The van der Waals surface area contributed by atoms with Crippen molar-refractivity contribution in [2.45, 2.75) is 39.0 Å². The van der Waals surface area contributed by atoms with Crippen molar-refractivity contribution in [3.05, 3.63) is 17.5 Å². The predicted molar refractivity (Wildman–Crippen MR) is 64.4 cm³/mol. The third-order valence-electron chi connectivity index (χ3n) is 2.15. The van der Waals surface area contributed by atoms with Gasteiger partial charge in [-0.1, -0.05) is 37.8 Å². The molecular weight excluding hydrogens is 226 g/mol. The molecular formula is C11H16ClN3O. The molecule has 0 saturated heterocycles. The van der Waals surface area contributed by atoms with Crippen LogP contribution in [0.1, 0.15) is 39.0 Å². The molecule has 0 radical (unpaired) electrons. The number of nitrogens with zero attached hydrogens (tertiary/aromatic N) is 2. The fourth-order valence-electron chi connectivity index (χ4n) is 1.29. The lowest BCUT2D eigenvalue weighted by Crippen LogP contribution is -2.12. The van der Waals surface area contributed by atoms with Crippen LogP contribution in [0, 0.1) is 0 Å². The van der Waals surface area contributed by atoms with E-state index in [0.29, 0.717) is 17.4 Å². The molecule has 1 heterocycles. The molecule has 0 spiro atoms. The van der Waals surface area contributed by atoms with Crippen molar-refractivity contribution >= 4 is 23.3 Å². The van der Waals surface area contributed by atoms with Gasteiger partial charge in [-0.05, 0) is 6.42 Å². The number of hydrogen-bond donors (Lipinski definition) is 1. The number of rotatable bonds is 6. The summed E-state index contributed by atoms with van der Waals surface area (Å²) in [6, 6.07) is 0. The minimum atomic E-state index is -0.0206. The number of aromatic nitrogens is 2. The molecule has 0 bridgehead atoms. The van der Waals surface area contributed by atoms with E-state index in [4.69, 9.17) is 11.6 Å². The lowest BCUT2D eigenvalue weighted by molar-refractivity contribution is -0.116. The second kappa shape index (κ2) is 7.17. The van der Waals surface area contributed by atoms with Gasteiger partial charge in [0.2, 0.25) is 5.91 Å². The Hall–Kier alpha value is -1.16. The molecule has 1 amide bonds. The van der Waals surface area contributed by atoms with Gasteiger partial charge in [0.05, 0.1) is 12.4 Å². The van der Waals surface area contributed by atoms with Gasteiger partial charge in [0, 0.05) is 6.42 Å². The van der Waals surface area contributed by atoms with Crippen molar-refractivity contribution < 1.29 is 4.79 Å². The summed E-state index contributed by atoms with van der Waals surface area (Å²) in [6.07, 6.45) is 7.75. The highest BCUT2D eigenvalue weighted by Gasteiger charge is 2.03. The number of unbranched alkanes of at least 4 members (excludes halogenated alkanes) is 3. The van der Waals surface area contributed by atoms with Crippen LogP contribution in [0.4, 0.5) is 5.82 Å². The first-order chi connectivity index (χ1) is 7.72. The van der Waals surface area contributed by atoms with Gasteiger partial charge in [-0.3, -0.25) is 4.79 Å². The van der Waals surface area contributed by atoms with Crippen LogP contribution in [0.2, 0.25) is 5.15 Å². The average molecular weight is 242 g/mol. The Morgan fingerprint density at radius 3 is 2.75 bits per heavy atom. The van der Waals surface area contributed by atoms with Gasteiger partial charge in [-0.15, -0.1) is 0 Å². The van der Waals surface area contributed by atoms with Crippen molar-refractivity contribution in [3.63, 3.8) is 0 Å². The van der Waals surface area contributed by atoms with Crippen molar-refractivity contribution in [2.24, 2.45) is 0 Å². The van der Waals surface area contributed by atoms with Crippen LogP contribution in [0.25, 0.3) is 0 Å². The monoisotopic (exact) mass is 241 g/mol. The molecule has 0 unspecified atom stereocenters. The largest absolute Gasteiger partial charge is 0.309 e. The number of nitrogens with one attached hydrogen (secondary N) is 1. The van der Waals surface area contributed by atoms with Gasteiger partial charge >= 0.3 is 0 Å². The van der Waals surface area contributed by atoms with Gasteiger partial charge in [0.1, 0.15) is 5.15 Å². The van der Waals surface area contributed by atoms with E-state index in [-0.39, 0.29) is 5.91 Å². The van der Waals surface area contributed by atoms with Crippen molar-refractivity contribution in [1.29, 1.82) is 0 Å². The molecule has 0 atom stereocenters. The Morgan fingerprint density at radius 1 is 1.31 bits per heavy atom. The third-order valence-corrected chi connectivity index (χ3v) is 2.34. The first kappa shape index (κ1) is 12.9. The maximum Gasteiger partial charge on any atom is 0.225 e. The highest BCUT2D eigenvalue weighted by atomic mass is 35.5. The van der Waals surface area contributed by atoms with E-state index in [1.54, 1.807) is 0 Å². The van der Waals surface area contributed by atoms with Crippen LogP contribution in [0.5, 0.6) is 0 Å². The normalized spacial score (nSPS) is 10.1. The highest BCUT2D eigenvalue weighted by Crippen LogP contribution is 2.07. The Bertz CT molecular complexity index is 327. The number of halogens is 1. The molecule has 0 aliphatic heterocycles. The number of hydrogen-bond acceptors (Lipinski definition) is 3. The van der Waals surface area contributed by atoms with E-state index in [0.717, 1.165) is 12.8 Å². The second-order valence-corrected chi connectivity index (χ2v) is 3.97. The first-order valence-electron chi connectivity index (χ1n) is 5.49. The Labute approximate surface area is 100 Å². The molecule has 0 aliphatic carbocycles. The number of amides is 1. The molecule has 1 aromatic rings. The van der Waals surface area contributed by atoms with Gasteiger partial charge in [-0.25, -0.2) is 9.97 Å². The lowest BCUT2D eigenvalue weighted by atomic mass is 10.1. The minimum absolute atomic E-state index is 0.0206. The molecule has 0 saturated carbocycles. The molecule has 1 N–H and O–H groups in total. The zero-order valence-electron chi connectivity index (χ0n) is 9.37. The number of carbonyl (C=O) groups excluding carboxylic acids is 1. The summed E-state index contributed by atoms with van der Waals surface area (Å²) in [4.78, 5) is 19.2. The van der Waals surface area contributed by atoms with Crippen LogP contribution in [-0.4, -0.2) is 15.9 Å². The maximum atomic E-state index is 11.4. The van der Waals surface area contributed by atoms with E-state index >= 15 is 0 Å². The Balaban J connectivity index is 2.26. The van der Waals surface area contributed by atoms with Crippen molar-refractivity contribution in [2.75, 3.05) is 5.32 Å². The minimum Gasteiger partial charge on any atom is -0.309 e. The SMILES string of the molecule is CCCCCCC(=O)Nc1cnc(Cl)cn1. The molecule has 88 valence electrons. The van der Waals surface area contributed by atoms with Crippen LogP contribution < -0.4 is 5.32 Å². The van der Waals surface area contributed by atoms with Gasteiger partial charge in [0.25, 0.3) is 0 Å². The number of carbonyl (C=O) groups is 1. The molecule has 0 aromatic carbocycles. The maximum absolute atomic E-state index is 11.4. The Morgan fingerprint density at radius 2 is 2.12 bits per heavy atom. The highest BCUT2D eigenvalue weighted by molar-refractivity contribution is 6.29. The summed E-state index contributed by atoms with van der Waals surface area (Å²) in [5.74, 6) is 0.428. The average Bonchev–Trinajstić information content (AvgIpc) is 2.28. The summed E-state index contributed by atoms with van der Waals surface area (Å²) in [7, 11) is 0. The summed E-state index contributed by atoms with van der Waals surface area (Å²) >= 11 is 5.58. The lowest BCUT2D eigenvalue weighted by Gasteiger charge is -2.03. The van der Waals surface area contributed by atoms with Gasteiger partial charge in [-0.2, -0.15) is 0 Å². The third kappa shape index (κ3) is 5.07. The van der Waals surface area contributed by atoms with Crippen LogP contribution in [0.3, 0.4) is 0 Å². The summed E-state index contributed by atoms with van der Waals surface area (Å²) in [5.41, 5.74) is 0. The van der Waals surface area contributed by atoms with Gasteiger partial charge < -0.3 is 5.32 Å². The molecule has 1 aromatic heterocycles. The fraction of sp³-hybridized carbons (Fsp3) is 0.545. The number of anilines is 1. The van der Waals surface area contributed by atoms with E-state index in [1.165, 1.54) is 25.2 Å². The second-order valence-electron chi connectivity index (χ2n) is 3.58. The van der Waals surface area contributed by atoms with Crippen molar-refractivity contribution in [1.82, 2.24) is 9.97 Å². The first-order valence-corrected chi connectivity index (χ1v) is 5.87. The zero-order chi connectivity index (χ0) is 11.8.